The van der Waals surface area contributed by atoms with Gasteiger partial charge < -0.3 is 10.2 Å². The van der Waals surface area contributed by atoms with Crippen LogP contribution >= 0.6 is 22.9 Å². The van der Waals surface area contributed by atoms with Gasteiger partial charge in [0.25, 0.3) is 0 Å². The summed E-state index contributed by atoms with van der Waals surface area (Å²) >= 11 is 7.91. The van der Waals surface area contributed by atoms with E-state index in [1.54, 1.807) is 11.3 Å². The third-order valence-electron chi connectivity index (χ3n) is 2.20. The van der Waals surface area contributed by atoms with Gasteiger partial charge in [0.15, 0.2) is 0 Å². The Morgan fingerprint density at radius 3 is 2.69 bits per heavy atom. The van der Waals surface area contributed by atoms with Gasteiger partial charge in [-0.25, -0.2) is 0 Å². The molecule has 72 valence electrons. The minimum Gasteiger partial charge on any atom is -0.360 e. The van der Waals surface area contributed by atoms with Crippen LogP contribution in [0.15, 0.2) is 6.07 Å². The van der Waals surface area contributed by atoms with Gasteiger partial charge in [-0.1, -0.05) is 11.6 Å². The summed E-state index contributed by atoms with van der Waals surface area (Å²) in [5.41, 5.74) is 0. The highest BCUT2D eigenvalue weighted by Crippen LogP contribution is 2.34. The fraction of sp³-hybridized carbons (Fsp3) is 0.556. The Morgan fingerprint density at radius 1 is 1.46 bits per heavy atom. The smallest absolute Gasteiger partial charge is 0.110 e. The highest BCUT2D eigenvalue weighted by molar-refractivity contribution is 7.16. The van der Waals surface area contributed by atoms with Crippen LogP contribution < -0.4 is 10.2 Å². The van der Waals surface area contributed by atoms with E-state index >= 15 is 0 Å². The maximum absolute atomic E-state index is 6.13. The molecule has 1 saturated heterocycles. The number of anilines is 1. The van der Waals surface area contributed by atoms with E-state index in [1.165, 1.54) is 9.88 Å². The molecule has 2 nitrogen and oxygen atoms in total. The average Bonchev–Trinajstić information content (AvgIpc) is 2.47. The Hall–Kier alpha value is -0.250. The van der Waals surface area contributed by atoms with Gasteiger partial charge in [0.2, 0.25) is 0 Å². The molecule has 1 fully saturated rings. The first-order chi connectivity index (χ1) is 6.27. The highest BCUT2D eigenvalue weighted by Gasteiger charge is 2.15. The van der Waals surface area contributed by atoms with Gasteiger partial charge in [0.1, 0.15) is 5.00 Å². The van der Waals surface area contributed by atoms with Crippen molar-refractivity contribution >= 4 is 27.9 Å². The van der Waals surface area contributed by atoms with Crippen molar-refractivity contribution in [1.29, 1.82) is 0 Å². The first-order valence-corrected chi connectivity index (χ1v) is 5.68. The monoisotopic (exact) mass is 216 g/mol. The molecule has 0 saturated carbocycles. The number of halogens is 1. The minimum atomic E-state index is 0.907. The second kappa shape index (κ2) is 3.86. The van der Waals surface area contributed by atoms with Crippen LogP contribution in [0.2, 0.25) is 5.02 Å². The van der Waals surface area contributed by atoms with Crippen molar-refractivity contribution in [3.05, 3.63) is 16.0 Å². The molecule has 0 aromatic carbocycles. The zero-order chi connectivity index (χ0) is 9.26. The fourth-order valence-corrected chi connectivity index (χ4v) is 2.97. The first kappa shape index (κ1) is 9.31. The zero-order valence-corrected chi connectivity index (χ0v) is 9.21. The van der Waals surface area contributed by atoms with Gasteiger partial charge >= 0.3 is 0 Å². The standard InChI is InChI=1S/C9H13ClN2S/c1-7-6-8(10)9(13-7)12-4-2-11-3-5-12/h6,11H,2-5H2,1H3. The van der Waals surface area contributed by atoms with Gasteiger partial charge in [-0.15, -0.1) is 11.3 Å². The van der Waals surface area contributed by atoms with Crippen LogP contribution in [0, 0.1) is 6.92 Å². The summed E-state index contributed by atoms with van der Waals surface area (Å²) in [6.45, 7) is 6.36. The Bertz CT molecular complexity index is 292. The molecular formula is C9H13ClN2S. The second-order valence-electron chi connectivity index (χ2n) is 3.25. The lowest BCUT2D eigenvalue weighted by atomic mass is 10.4. The van der Waals surface area contributed by atoms with Crippen LogP contribution in [0.1, 0.15) is 4.88 Å². The molecule has 2 heterocycles. The van der Waals surface area contributed by atoms with Crippen molar-refractivity contribution in [3.63, 3.8) is 0 Å². The molecule has 0 amide bonds. The first-order valence-electron chi connectivity index (χ1n) is 4.49. The lowest BCUT2D eigenvalue weighted by Crippen LogP contribution is -2.43. The lowest BCUT2D eigenvalue weighted by Gasteiger charge is -2.28. The average molecular weight is 217 g/mol. The number of piperazine rings is 1. The van der Waals surface area contributed by atoms with E-state index in [9.17, 15) is 0 Å². The number of hydrogen-bond donors (Lipinski definition) is 1. The van der Waals surface area contributed by atoms with Gasteiger partial charge in [0.05, 0.1) is 5.02 Å². The van der Waals surface area contributed by atoms with Crippen LogP contribution in [-0.4, -0.2) is 26.2 Å². The van der Waals surface area contributed by atoms with Crippen LogP contribution in [0.25, 0.3) is 0 Å². The van der Waals surface area contributed by atoms with Crippen LogP contribution in [-0.2, 0) is 0 Å². The van der Waals surface area contributed by atoms with E-state index in [0.717, 1.165) is 31.2 Å². The summed E-state index contributed by atoms with van der Waals surface area (Å²) in [5, 5.41) is 5.47. The topological polar surface area (TPSA) is 15.3 Å². The molecule has 0 spiro atoms. The van der Waals surface area contributed by atoms with Gasteiger partial charge in [-0.05, 0) is 13.0 Å². The number of thiophene rings is 1. The normalized spacial score (nSPS) is 17.8. The van der Waals surface area contributed by atoms with Crippen LogP contribution in [0.4, 0.5) is 5.00 Å². The number of aryl methyl sites for hydroxylation is 1. The van der Waals surface area contributed by atoms with E-state index < -0.39 is 0 Å². The summed E-state index contributed by atoms with van der Waals surface area (Å²) in [6, 6.07) is 2.05. The summed E-state index contributed by atoms with van der Waals surface area (Å²) in [7, 11) is 0. The number of nitrogens with zero attached hydrogens (tertiary/aromatic N) is 1. The second-order valence-corrected chi connectivity index (χ2v) is 4.89. The molecule has 2 rings (SSSR count). The Morgan fingerprint density at radius 2 is 2.15 bits per heavy atom. The van der Waals surface area contributed by atoms with Crippen molar-refractivity contribution in [1.82, 2.24) is 5.32 Å². The number of nitrogens with one attached hydrogen (secondary N) is 1. The van der Waals surface area contributed by atoms with E-state index in [4.69, 9.17) is 11.6 Å². The molecule has 13 heavy (non-hydrogen) atoms. The maximum atomic E-state index is 6.13. The van der Waals surface area contributed by atoms with Crippen molar-refractivity contribution in [2.45, 2.75) is 6.92 Å². The van der Waals surface area contributed by atoms with Gasteiger partial charge in [-0.3, -0.25) is 0 Å². The van der Waals surface area contributed by atoms with Crippen LogP contribution in [0.3, 0.4) is 0 Å². The Balaban J connectivity index is 2.18. The Labute approximate surface area is 87.5 Å². The van der Waals surface area contributed by atoms with E-state index in [0.29, 0.717) is 0 Å². The summed E-state index contributed by atoms with van der Waals surface area (Å²) < 4.78 is 0. The van der Waals surface area contributed by atoms with Crippen molar-refractivity contribution < 1.29 is 0 Å². The van der Waals surface area contributed by atoms with Gasteiger partial charge in [-0.2, -0.15) is 0 Å². The SMILES string of the molecule is Cc1cc(Cl)c(N2CCNCC2)s1. The summed E-state index contributed by atoms with van der Waals surface area (Å²) in [6.07, 6.45) is 0. The van der Waals surface area contributed by atoms with Crippen molar-refractivity contribution in [2.75, 3.05) is 31.1 Å². The minimum absolute atomic E-state index is 0.907. The molecule has 1 aromatic heterocycles. The van der Waals surface area contributed by atoms with E-state index in [2.05, 4.69) is 17.1 Å². The molecular weight excluding hydrogens is 204 g/mol. The molecule has 1 aliphatic rings. The molecule has 1 aliphatic heterocycles. The van der Waals surface area contributed by atoms with E-state index in [-0.39, 0.29) is 0 Å². The quantitative estimate of drug-likeness (QED) is 0.774. The zero-order valence-electron chi connectivity index (χ0n) is 7.64. The number of rotatable bonds is 1. The fourth-order valence-electron chi connectivity index (χ4n) is 1.55. The Kier molecular flexibility index (Phi) is 2.77. The molecule has 0 bridgehead atoms. The molecule has 4 heteroatoms. The summed E-state index contributed by atoms with van der Waals surface area (Å²) in [5.74, 6) is 0. The largest absolute Gasteiger partial charge is 0.360 e. The molecule has 1 N–H and O–H groups in total. The third kappa shape index (κ3) is 1.98. The predicted molar refractivity (Wildman–Crippen MR) is 59.1 cm³/mol. The maximum Gasteiger partial charge on any atom is 0.110 e. The molecule has 0 radical (unpaired) electrons. The van der Waals surface area contributed by atoms with E-state index in [1.807, 2.05) is 6.07 Å². The van der Waals surface area contributed by atoms with Gasteiger partial charge in [0, 0.05) is 31.1 Å². The molecule has 1 aromatic rings. The van der Waals surface area contributed by atoms with Crippen molar-refractivity contribution in [3.8, 4) is 0 Å². The highest BCUT2D eigenvalue weighted by atomic mass is 35.5. The number of hydrogen-bond acceptors (Lipinski definition) is 3. The molecule has 0 unspecified atom stereocenters. The predicted octanol–water partition coefficient (Wildman–Crippen LogP) is 2.12. The van der Waals surface area contributed by atoms with Crippen LogP contribution in [0.5, 0.6) is 0 Å². The third-order valence-corrected chi connectivity index (χ3v) is 3.71. The molecule has 0 atom stereocenters. The lowest BCUT2D eigenvalue weighted by molar-refractivity contribution is 0.592. The van der Waals surface area contributed by atoms with Crippen molar-refractivity contribution in [2.24, 2.45) is 0 Å². The molecule has 0 aliphatic carbocycles. The summed E-state index contributed by atoms with van der Waals surface area (Å²) in [4.78, 5) is 3.65.